The average Bonchev–Trinajstić information content (AvgIpc) is 2.41. The molecule has 1 unspecified atom stereocenters. The Morgan fingerprint density at radius 3 is 2.12 bits per heavy atom. The molecule has 8 nitrogen and oxygen atoms in total. The highest BCUT2D eigenvalue weighted by Crippen LogP contribution is 2.19. The maximum absolute atomic E-state index is 12.5. The lowest BCUT2D eigenvalue weighted by Gasteiger charge is -2.32. The van der Waals surface area contributed by atoms with E-state index in [2.05, 4.69) is 15.4 Å². The van der Waals surface area contributed by atoms with Gasteiger partial charge in [0.2, 0.25) is 0 Å². The topological polar surface area (TPSA) is 93.7 Å². The number of ether oxygens (including phenoxy) is 2. The van der Waals surface area contributed by atoms with Crippen LogP contribution in [0.4, 0.5) is 9.59 Å². The Morgan fingerprint density at radius 1 is 1.08 bits per heavy atom. The van der Waals surface area contributed by atoms with Gasteiger partial charge in [-0.3, -0.25) is 9.97 Å². The fourth-order valence-corrected chi connectivity index (χ4v) is 1.67. The second-order valence-electron chi connectivity index (χ2n) is 7.27. The van der Waals surface area contributed by atoms with Crippen LogP contribution in [0.1, 0.15) is 60.2 Å². The molecule has 0 saturated heterocycles. The molecule has 8 heteroatoms. The maximum atomic E-state index is 12.5. The lowest BCUT2D eigenvalue weighted by Crippen LogP contribution is -2.50. The van der Waals surface area contributed by atoms with Crippen molar-refractivity contribution in [3.05, 3.63) is 24.3 Å². The van der Waals surface area contributed by atoms with Crippen LogP contribution in [0.15, 0.2) is 18.6 Å². The first-order chi connectivity index (χ1) is 10.9. The number of aromatic nitrogens is 2. The highest BCUT2D eigenvalue weighted by atomic mass is 16.6. The highest BCUT2D eigenvalue weighted by molar-refractivity contribution is 5.74. The lowest BCUT2D eigenvalue weighted by molar-refractivity contribution is -0.00849. The number of hydrogen-bond acceptors (Lipinski definition) is 6. The van der Waals surface area contributed by atoms with Gasteiger partial charge >= 0.3 is 12.2 Å². The summed E-state index contributed by atoms with van der Waals surface area (Å²) in [4.78, 5) is 32.6. The van der Waals surface area contributed by atoms with E-state index in [0.717, 1.165) is 5.01 Å². The zero-order valence-corrected chi connectivity index (χ0v) is 15.3. The van der Waals surface area contributed by atoms with Crippen molar-refractivity contribution >= 4 is 12.2 Å². The Hall–Kier alpha value is -2.38. The quantitative estimate of drug-likeness (QED) is 0.832. The first-order valence-corrected chi connectivity index (χ1v) is 7.67. The Bertz CT molecular complexity index is 564. The second-order valence-corrected chi connectivity index (χ2v) is 7.27. The van der Waals surface area contributed by atoms with Crippen molar-refractivity contribution in [2.45, 2.75) is 65.7 Å². The van der Waals surface area contributed by atoms with Crippen LogP contribution in [0.25, 0.3) is 0 Å². The molecule has 134 valence electrons. The number of amides is 2. The summed E-state index contributed by atoms with van der Waals surface area (Å²) in [6.45, 7) is 12.1. The van der Waals surface area contributed by atoms with Crippen LogP contribution >= 0.6 is 0 Å². The van der Waals surface area contributed by atoms with Crippen LogP contribution in [0, 0.1) is 0 Å². The van der Waals surface area contributed by atoms with Crippen LogP contribution in [0.5, 0.6) is 0 Å². The number of nitrogens with one attached hydrogen (secondary N) is 1. The van der Waals surface area contributed by atoms with E-state index < -0.39 is 29.4 Å². The number of hydrogen-bond donors (Lipinski definition) is 1. The van der Waals surface area contributed by atoms with Crippen molar-refractivity contribution in [2.24, 2.45) is 0 Å². The highest BCUT2D eigenvalue weighted by Gasteiger charge is 2.30. The predicted molar refractivity (Wildman–Crippen MR) is 87.9 cm³/mol. The first kappa shape index (κ1) is 19.7. The van der Waals surface area contributed by atoms with E-state index in [0.29, 0.717) is 5.69 Å². The molecular formula is C16H26N4O4. The molecule has 0 aliphatic carbocycles. The molecule has 1 N–H and O–H groups in total. The number of rotatable bonds is 2. The molecule has 0 aliphatic heterocycles. The normalized spacial score (nSPS) is 13.0. The minimum Gasteiger partial charge on any atom is -0.443 e. The largest absolute Gasteiger partial charge is 0.443 e. The summed E-state index contributed by atoms with van der Waals surface area (Å²) < 4.78 is 10.5. The SMILES string of the molecule is CC(c1cnccn1)N(NC(=O)OC(C)(C)C)C(=O)OC(C)(C)C. The van der Waals surface area contributed by atoms with Gasteiger partial charge in [0.05, 0.1) is 17.9 Å². The van der Waals surface area contributed by atoms with Crippen molar-refractivity contribution < 1.29 is 19.1 Å². The van der Waals surface area contributed by atoms with Crippen LogP contribution in [-0.4, -0.2) is 38.4 Å². The number of carbonyl (C=O) groups excluding carboxylic acids is 2. The van der Waals surface area contributed by atoms with Gasteiger partial charge < -0.3 is 9.47 Å². The van der Waals surface area contributed by atoms with Gasteiger partial charge in [-0.05, 0) is 48.5 Å². The fraction of sp³-hybridized carbons (Fsp3) is 0.625. The summed E-state index contributed by atoms with van der Waals surface area (Å²) in [5.74, 6) is 0. The minimum absolute atomic E-state index is 0.499. The molecule has 1 rings (SSSR count). The molecule has 1 atom stereocenters. The van der Waals surface area contributed by atoms with Crippen LogP contribution in [0.2, 0.25) is 0 Å². The van der Waals surface area contributed by atoms with Gasteiger partial charge in [0, 0.05) is 12.4 Å². The molecule has 0 radical (unpaired) electrons. The van der Waals surface area contributed by atoms with Crippen molar-refractivity contribution in [3.8, 4) is 0 Å². The Morgan fingerprint density at radius 2 is 1.67 bits per heavy atom. The molecular weight excluding hydrogens is 312 g/mol. The summed E-state index contributed by atoms with van der Waals surface area (Å²) in [6.07, 6.45) is 3.07. The van der Waals surface area contributed by atoms with Gasteiger partial charge in [-0.15, -0.1) is 0 Å². The Balaban J connectivity index is 2.99. The zero-order valence-electron chi connectivity index (χ0n) is 15.3. The van der Waals surface area contributed by atoms with Gasteiger partial charge in [0.15, 0.2) is 0 Å². The predicted octanol–water partition coefficient (Wildman–Crippen LogP) is 3.21. The van der Waals surface area contributed by atoms with E-state index >= 15 is 0 Å². The third kappa shape index (κ3) is 6.80. The molecule has 24 heavy (non-hydrogen) atoms. The molecule has 0 saturated carbocycles. The van der Waals surface area contributed by atoms with Crippen LogP contribution < -0.4 is 5.43 Å². The standard InChI is InChI=1S/C16H26N4O4/c1-11(12-10-17-8-9-18-12)20(14(22)24-16(5,6)7)19-13(21)23-15(2,3)4/h8-11H,1-7H3,(H,19,21). The fourth-order valence-electron chi connectivity index (χ4n) is 1.67. The maximum Gasteiger partial charge on any atom is 0.429 e. The van der Waals surface area contributed by atoms with Gasteiger partial charge in [-0.2, -0.15) is 0 Å². The first-order valence-electron chi connectivity index (χ1n) is 7.67. The Labute approximate surface area is 142 Å². The van der Waals surface area contributed by atoms with Crippen molar-refractivity contribution in [3.63, 3.8) is 0 Å². The molecule has 0 fully saturated rings. The van der Waals surface area contributed by atoms with Crippen molar-refractivity contribution in [2.75, 3.05) is 0 Å². The lowest BCUT2D eigenvalue weighted by atomic mass is 10.2. The summed E-state index contributed by atoms with van der Waals surface area (Å²) in [6, 6.07) is -0.596. The average molecular weight is 338 g/mol. The summed E-state index contributed by atoms with van der Waals surface area (Å²) >= 11 is 0. The molecule has 0 aromatic carbocycles. The van der Waals surface area contributed by atoms with Crippen LogP contribution in [0.3, 0.4) is 0 Å². The summed E-state index contributed by atoms with van der Waals surface area (Å²) in [5.41, 5.74) is 1.51. The molecule has 2 amide bonds. The number of nitrogens with zero attached hydrogens (tertiary/aromatic N) is 3. The molecule has 0 bridgehead atoms. The van der Waals surface area contributed by atoms with E-state index in [9.17, 15) is 9.59 Å². The molecule has 0 aliphatic rings. The smallest absolute Gasteiger partial charge is 0.429 e. The third-order valence-electron chi connectivity index (χ3n) is 2.60. The van der Waals surface area contributed by atoms with E-state index in [1.165, 1.54) is 18.6 Å². The van der Waals surface area contributed by atoms with E-state index in [1.54, 1.807) is 48.5 Å². The molecule has 1 heterocycles. The molecule has 0 spiro atoms. The molecule has 1 aromatic rings. The van der Waals surface area contributed by atoms with E-state index in [1.807, 2.05) is 0 Å². The molecule has 1 aromatic heterocycles. The monoisotopic (exact) mass is 338 g/mol. The number of hydrazine groups is 1. The van der Waals surface area contributed by atoms with Crippen molar-refractivity contribution in [1.29, 1.82) is 0 Å². The minimum atomic E-state index is -0.760. The van der Waals surface area contributed by atoms with Gasteiger partial charge in [0.1, 0.15) is 11.2 Å². The van der Waals surface area contributed by atoms with E-state index in [-0.39, 0.29) is 0 Å². The van der Waals surface area contributed by atoms with Crippen molar-refractivity contribution in [1.82, 2.24) is 20.4 Å². The Kier molecular flexibility index (Phi) is 6.11. The second kappa shape index (κ2) is 7.46. The van der Waals surface area contributed by atoms with E-state index in [4.69, 9.17) is 9.47 Å². The van der Waals surface area contributed by atoms with Gasteiger partial charge in [-0.1, -0.05) is 0 Å². The van der Waals surface area contributed by atoms with Gasteiger partial charge in [-0.25, -0.2) is 20.0 Å². The zero-order chi connectivity index (χ0) is 18.5. The summed E-state index contributed by atoms with van der Waals surface area (Å²) in [7, 11) is 0. The number of carbonyl (C=O) groups is 2. The van der Waals surface area contributed by atoms with Crippen LogP contribution in [-0.2, 0) is 9.47 Å². The third-order valence-corrected chi connectivity index (χ3v) is 2.60. The summed E-state index contributed by atoms with van der Waals surface area (Å²) in [5, 5.41) is 1.04. The van der Waals surface area contributed by atoms with Gasteiger partial charge in [0.25, 0.3) is 0 Å².